The highest BCUT2D eigenvalue weighted by atomic mass is 16.3. The molecule has 0 saturated heterocycles. The summed E-state index contributed by atoms with van der Waals surface area (Å²) in [4.78, 5) is 4.92. The molecule has 15 aromatic rings. The standard InChI is InChI=1S/C72H46N2O/c1-4-22-47(23-5-1)48-40-43-53(44-41-48)74(64-46-50-25-11-13-31-55(50)69-68-54-30-12-10-24-49(54)42-45-65(68)75-72(64)69)71-62-38-20-16-34-58(62)67(59-35-17-21-39-63(59)71)66-56-32-14-18-36-60(56)70(61-37-19-15-33-57(61)66)73(51-26-6-2-7-27-51)52-28-8-3-9-29-52/h1-46H. The van der Waals surface area contributed by atoms with E-state index < -0.39 is 0 Å². The molecule has 0 radical (unpaired) electrons. The number of hydrogen-bond acceptors (Lipinski definition) is 3. The predicted molar refractivity (Wildman–Crippen MR) is 319 cm³/mol. The van der Waals surface area contributed by atoms with Gasteiger partial charge in [0, 0.05) is 49.4 Å². The van der Waals surface area contributed by atoms with Crippen molar-refractivity contribution in [3.05, 3.63) is 279 Å². The molecule has 1 heterocycles. The second-order valence-electron chi connectivity index (χ2n) is 19.5. The van der Waals surface area contributed by atoms with Crippen LogP contribution in [0.2, 0.25) is 0 Å². The summed E-state index contributed by atoms with van der Waals surface area (Å²) < 4.78 is 7.28. The van der Waals surface area contributed by atoms with Crippen molar-refractivity contribution < 1.29 is 4.42 Å². The summed E-state index contributed by atoms with van der Waals surface area (Å²) in [6, 6.07) is 102. The van der Waals surface area contributed by atoms with Crippen molar-refractivity contribution in [3.8, 4) is 22.3 Å². The molecule has 75 heavy (non-hydrogen) atoms. The fraction of sp³-hybridized carbons (Fsp3) is 0. The van der Waals surface area contributed by atoms with E-state index in [1.165, 1.54) is 49.0 Å². The third-order valence-electron chi connectivity index (χ3n) is 15.3. The monoisotopic (exact) mass is 954 g/mol. The van der Waals surface area contributed by atoms with Gasteiger partial charge in [0.05, 0.1) is 17.1 Å². The van der Waals surface area contributed by atoms with Crippen molar-refractivity contribution in [3.63, 3.8) is 0 Å². The second-order valence-corrected chi connectivity index (χ2v) is 19.5. The second kappa shape index (κ2) is 17.4. The van der Waals surface area contributed by atoms with Crippen molar-refractivity contribution in [2.45, 2.75) is 0 Å². The molecular formula is C72H46N2O. The van der Waals surface area contributed by atoms with Crippen LogP contribution in [0.5, 0.6) is 0 Å². The van der Waals surface area contributed by atoms with Crippen molar-refractivity contribution >= 4 is 121 Å². The van der Waals surface area contributed by atoms with E-state index in [9.17, 15) is 0 Å². The summed E-state index contributed by atoms with van der Waals surface area (Å²) in [5.41, 5.74) is 12.9. The lowest BCUT2D eigenvalue weighted by Gasteiger charge is -2.31. The van der Waals surface area contributed by atoms with E-state index in [1.807, 2.05) is 0 Å². The molecule has 3 heteroatoms. The van der Waals surface area contributed by atoms with Crippen LogP contribution in [-0.4, -0.2) is 0 Å². The topological polar surface area (TPSA) is 19.6 Å². The summed E-state index contributed by atoms with van der Waals surface area (Å²) in [7, 11) is 0. The molecule has 15 rings (SSSR count). The predicted octanol–water partition coefficient (Wildman–Crippen LogP) is 20.8. The lowest BCUT2D eigenvalue weighted by atomic mass is 9.84. The van der Waals surface area contributed by atoms with E-state index in [4.69, 9.17) is 4.42 Å². The molecule has 0 fully saturated rings. The Morgan fingerprint density at radius 3 is 1.13 bits per heavy atom. The maximum absolute atomic E-state index is 7.28. The van der Waals surface area contributed by atoms with Crippen LogP contribution in [0.3, 0.4) is 0 Å². The van der Waals surface area contributed by atoms with Gasteiger partial charge in [-0.1, -0.05) is 231 Å². The average molecular weight is 955 g/mol. The fourth-order valence-corrected chi connectivity index (χ4v) is 12.2. The molecular weight excluding hydrogens is 909 g/mol. The van der Waals surface area contributed by atoms with Gasteiger partial charge in [0.2, 0.25) is 0 Å². The molecule has 0 unspecified atom stereocenters. The number of para-hydroxylation sites is 2. The van der Waals surface area contributed by atoms with Gasteiger partial charge in [-0.2, -0.15) is 0 Å². The Kier molecular flexibility index (Phi) is 9.89. The van der Waals surface area contributed by atoms with Gasteiger partial charge in [0.15, 0.2) is 5.58 Å². The van der Waals surface area contributed by atoms with Gasteiger partial charge in [-0.3, -0.25) is 0 Å². The number of anilines is 6. The van der Waals surface area contributed by atoms with E-state index in [-0.39, 0.29) is 0 Å². The van der Waals surface area contributed by atoms with Crippen LogP contribution in [0.25, 0.3) is 109 Å². The Morgan fingerprint density at radius 2 is 0.627 bits per heavy atom. The first-order valence-corrected chi connectivity index (χ1v) is 25.8. The molecule has 1 aromatic heterocycles. The largest absolute Gasteiger partial charge is 0.454 e. The Bertz CT molecular complexity index is 4540. The van der Waals surface area contributed by atoms with Crippen LogP contribution in [-0.2, 0) is 0 Å². The van der Waals surface area contributed by atoms with E-state index in [0.717, 1.165) is 93.9 Å². The summed E-state index contributed by atoms with van der Waals surface area (Å²) in [5.74, 6) is 0. The third kappa shape index (κ3) is 6.75. The van der Waals surface area contributed by atoms with Crippen LogP contribution < -0.4 is 9.80 Å². The Labute approximate surface area is 434 Å². The summed E-state index contributed by atoms with van der Waals surface area (Å²) in [6.07, 6.45) is 0. The van der Waals surface area contributed by atoms with Crippen LogP contribution in [0, 0.1) is 0 Å². The van der Waals surface area contributed by atoms with Gasteiger partial charge in [-0.15, -0.1) is 0 Å². The summed E-state index contributed by atoms with van der Waals surface area (Å²) in [5, 5.41) is 16.2. The highest BCUT2D eigenvalue weighted by molar-refractivity contribution is 6.33. The smallest absolute Gasteiger partial charge is 0.160 e. The van der Waals surface area contributed by atoms with Gasteiger partial charge in [-0.05, 0) is 114 Å². The minimum Gasteiger partial charge on any atom is -0.454 e. The molecule has 3 nitrogen and oxygen atoms in total. The highest BCUT2D eigenvalue weighted by Crippen LogP contribution is 2.55. The lowest BCUT2D eigenvalue weighted by Crippen LogP contribution is -2.12. The van der Waals surface area contributed by atoms with Crippen molar-refractivity contribution in [2.75, 3.05) is 9.80 Å². The molecule has 0 atom stereocenters. The van der Waals surface area contributed by atoms with Crippen LogP contribution in [0.15, 0.2) is 283 Å². The van der Waals surface area contributed by atoms with Gasteiger partial charge in [0.25, 0.3) is 0 Å². The third-order valence-corrected chi connectivity index (χ3v) is 15.3. The van der Waals surface area contributed by atoms with E-state index in [2.05, 4.69) is 289 Å². The van der Waals surface area contributed by atoms with Crippen molar-refractivity contribution in [2.24, 2.45) is 0 Å². The maximum atomic E-state index is 7.28. The van der Waals surface area contributed by atoms with Crippen molar-refractivity contribution in [1.82, 2.24) is 0 Å². The molecule has 0 N–H and O–H groups in total. The first-order chi connectivity index (χ1) is 37.3. The first-order valence-electron chi connectivity index (χ1n) is 25.8. The molecule has 0 amide bonds. The van der Waals surface area contributed by atoms with Crippen LogP contribution in [0.4, 0.5) is 34.1 Å². The molecule has 350 valence electrons. The number of hydrogen-bond donors (Lipinski definition) is 0. The average Bonchev–Trinajstić information content (AvgIpc) is 3.97. The molecule has 0 spiro atoms. The Morgan fingerprint density at radius 1 is 0.253 bits per heavy atom. The zero-order valence-corrected chi connectivity index (χ0v) is 40.9. The van der Waals surface area contributed by atoms with E-state index in [1.54, 1.807) is 0 Å². The van der Waals surface area contributed by atoms with Gasteiger partial charge < -0.3 is 14.2 Å². The fourth-order valence-electron chi connectivity index (χ4n) is 12.2. The lowest BCUT2D eigenvalue weighted by molar-refractivity contribution is 0.669. The first kappa shape index (κ1) is 42.7. The minimum atomic E-state index is 0.846. The van der Waals surface area contributed by atoms with Gasteiger partial charge >= 0.3 is 0 Å². The molecule has 14 aromatic carbocycles. The van der Waals surface area contributed by atoms with Crippen LogP contribution in [0.1, 0.15) is 0 Å². The number of fused-ring (bicyclic) bond motifs is 11. The van der Waals surface area contributed by atoms with Crippen molar-refractivity contribution in [1.29, 1.82) is 0 Å². The molecule has 0 bridgehead atoms. The van der Waals surface area contributed by atoms with E-state index >= 15 is 0 Å². The normalized spacial score (nSPS) is 11.7. The zero-order valence-electron chi connectivity index (χ0n) is 40.9. The summed E-state index contributed by atoms with van der Waals surface area (Å²) >= 11 is 0. The SMILES string of the molecule is c1ccc(-c2ccc(N(c3c4ccccc4c(-c4c5ccccc5c(N(c5ccccc5)c5ccccc5)c5ccccc45)c4ccccc34)c3cc4ccccc4c4c3oc3ccc5ccccc5c34)cc2)cc1. The molecule has 0 aliphatic rings. The van der Waals surface area contributed by atoms with Crippen LogP contribution >= 0.6 is 0 Å². The number of nitrogens with zero attached hydrogens (tertiary/aromatic N) is 2. The molecule has 0 aliphatic carbocycles. The molecule has 0 aliphatic heterocycles. The number of rotatable bonds is 8. The Balaban J connectivity index is 1.07. The minimum absolute atomic E-state index is 0.846. The van der Waals surface area contributed by atoms with E-state index in [0.29, 0.717) is 0 Å². The molecule has 0 saturated carbocycles. The summed E-state index contributed by atoms with van der Waals surface area (Å²) in [6.45, 7) is 0. The highest BCUT2D eigenvalue weighted by Gasteiger charge is 2.29. The maximum Gasteiger partial charge on any atom is 0.160 e. The Hall–Kier alpha value is -9.96. The number of benzene rings is 14. The van der Waals surface area contributed by atoms with Gasteiger partial charge in [0.1, 0.15) is 5.58 Å². The number of furan rings is 1. The quantitative estimate of drug-likeness (QED) is 0.142. The zero-order chi connectivity index (χ0) is 49.4. The van der Waals surface area contributed by atoms with Gasteiger partial charge in [-0.25, -0.2) is 0 Å².